The monoisotopic (exact) mass is 443 g/mol. The third-order valence-corrected chi connectivity index (χ3v) is 4.92. The normalized spacial score (nSPS) is 10.6. The first-order valence-electron chi connectivity index (χ1n) is 10.2. The van der Waals surface area contributed by atoms with E-state index in [0.29, 0.717) is 22.2 Å². The van der Waals surface area contributed by atoms with Crippen LogP contribution in [0.15, 0.2) is 83.7 Å². The Morgan fingerprint density at radius 3 is 2.42 bits per heavy atom. The van der Waals surface area contributed by atoms with Gasteiger partial charge in [-0.25, -0.2) is 9.48 Å². The number of benzene rings is 3. The Kier molecular flexibility index (Phi) is 6.45. The van der Waals surface area contributed by atoms with Crippen LogP contribution in [0.25, 0.3) is 10.8 Å². The number of hydrogen-bond donors (Lipinski definition) is 1. The van der Waals surface area contributed by atoms with Crippen LogP contribution >= 0.6 is 0 Å². The molecule has 0 fully saturated rings. The average Bonchev–Trinajstić information content (AvgIpc) is 2.85. The summed E-state index contributed by atoms with van der Waals surface area (Å²) in [5.41, 5.74) is 1.02. The maximum Gasteiger partial charge on any atom is 0.359 e. The van der Waals surface area contributed by atoms with Crippen LogP contribution in [0.3, 0.4) is 0 Å². The fourth-order valence-corrected chi connectivity index (χ4v) is 3.35. The maximum absolute atomic E-state index is 12.9. The molecule has 4 rings (SSSR count). The highest BCUT2D eigenvalue weighted by atomic mass is 16.5. The Balaban J connectivity index is 1.55. The van der Waals surface area contributed by atoms with Crippen molar-refractivity contribution in [3.05, 3.63) is 100 Å². The molecule has 0 aliphatic carbocycles. The van der Waals surface area contributed by atoms with Crippen molar-refractivity contribution in [2.24, 2.45) is 0 Å². The van der Waals surface area contributed by atoms with E-state index < -0.39 is 18.5 Å². The van der Waals surface area contributed by atoms with Gasteiger partial charge >= 0.3 is 5.97 Å². The van der Waals surface area contributed by atoms with Gasteiger partial charge in [0.1, 0.15) is 5.75 Å². The Labute approximate surface area is 189 Å². The summed E-state index contributed by atoms with van der Waals surface area (Å²) in [7, 11) is 1.53. The number of carbonyl (C=O) groups is 2. The Morgan fingerprint density at radius 1 is 0.939 bits per heavy atom. The van der Waals surface area contributed by atoms with Crippen LogP contribution in [-0.2, 0) is 16.1 Å². The number of anilines is 1. The number of aromatic nitrogens is 2. The van der Waals surface area contributed by atoms with E-state index in [0.717, 1.165) is 5.56 Å². The molecule has 1 heterocycles. The van der Waals surface area contributed by atoms with Gasteiger partial charge in [-0.1, -0.05) is 54.6 Å². The summed E-state index contributed by atoms with van der Waals surface area (Å²) >= 11 is 0. The number of nitrogens with one attached hydrogen (secondary N) is 1. The van der Waals surface area contributed by atoms with Crippen LogP contribution in [0.1, 0.15) is 16.1 Å². The maximum atomic E-state index is 12.9. The van der Waals surface area contributed by atoms with Gasteiger partial charge in [-0.2, -0.15) is 5.10 Å². The molecule has 4 aromatic rings. The van der Waals surface area contributed by atoms with E-state index in [-0.39, 0.29) is 17.8 Å². The number of nitrogens with zero attached hydrogens (tertiary/aromatic N) is 2. The van der Waals surface area contributed by atoms with Crippen LogP contribution in [0, 0.1) is 0 Å². The van der Waals surface area contributed by atoms with Crippen molar-refractivity contribution < 1.29 is 19.1 Å². The molecule has 0 saturated carbocycles. The molecule has 0 aliphatic rings. The molecule has 3 aromatic carbocycles. The topological polar surface area (TPSA) is 99.5 Å². The fraction of sp³-hybridized carbons (Fsp3) is 0.120. The molecular weight excluding hydrogens is 422 g/mol. The summed E-state index contributed by atoms with van der Waals surface area (Å²) in [6.45, 7) is -0.315. The first kappa shape index (κ1) is 21.8. The standard InChI is InChI=1S/C25H21N3O5/c1-32-19-11-7-10-18(14-19)26-22(29)16-33-25(31)23-20-12-5-6-13-21(20)24(30)28(27-23)15-17-8-3-2-4-9-17/h2-14H,15-16H2,1H3,(H,26,29). The minimum atomic E-state index is -0.797. The second-order valence-electron chi connectivity index (χ2n) is 7.20. The molecule has 1 amide bonds. The van der Waals surface area contributed by atoms with Crippen LogP contribution in [-0.4, -0.2) is 35.4 Å². The summed E-state index contributed by atoms with van der Waals surface area (Å²) in [6.07, 6.45) is 0. The van der Waals surface area contributed by atoms with Crippen LogP contribution in [0.2, 0.25) is 0 Å². The van der Waals surface area contributed by atoms with Gasteiger partial charge in [0, 0.05) is 17.1 Å². The highest BCUT2D eigenvalue weighted by molar-refractivity contribution is 6.03. The van der Waals surface area contributed by atoms with E-state index in [1.165, 1.54) is 11.8 Å². The van der Waals surface area contributed by atoms with Gasteiger partial charge in [-0.05, 0) is 23.8 Å². The molecule has 1 aromatic heterocycles. The molecule has 0 bridgehead atoms. The Hall–Kier alpha value is -4.46. The molecule has 33 heavy (non-hydrogen) atoms. The Morgan fingerprint density at radius 2 is 1.67 bits per heavy atom. The highest BCUT2D eigenvalue weighted by Gasteiger charge is 2.19. The number of rotatable bonds is 7. The summed E-state index contributed by atoms with van der Waals surface area (Å²) in [6, 6.07) is 22.8. The number of hydrogen-bond acceptors (Lipinski definition) is 6. The van der Waals surface area contributed by atoms with E-state index in [2.05, 4.69) is 10.4 Å². The molecule has 0 saturated heterocycles. The van der Waals surface area contributed by atoms with E-state index in [1.807, 2.05) is 30.3 Å². The Bertz CT molecular complexity index is 1370. The fourth-order valence-electron chi connectivity index (χ4n) is 3.35. The van der Waals surface area contributed by atoms with Crippen LogP contribution in [0.5, 0.6) is 5.75 Å². The second kappa shape index (κ2) is 9.78. The van der Waals surface area contributed by atoms with Crippen LogP contribution < -0.4 is 15.6 Å². The van der Waals surface area contributed by atoms with Gasteiger partial charge in [0.25, 0.3) is 11.5 Å². The van der Waals surface area contributed by atoms with Crippen molar-refractivity contribution in [2.45, 2.75) is 6.54 Å². The zero-order valence-electron chi connectivity index (χ0n) is 17.9. The zero-order chi connectivity index (χ0) is 23.2. The lowest BCUT2D eigenvalue weighted by atomic mass is 10.1. The molecular formula is C25H21N3O5. The SMILES string of the molecule is COc1cccc(NC(=O)COC(=O)c2nn(Cc3ccccc3)c(=O)c3ccccc23)c1. The van der Waals surface area contributed by atoms with Crippen molar-refractivity contribution in [3.8, 4) is 5.75 Å². The number of ether oxygens (including phenoxy) is 2. The number of amides is 1. The summed E-state index contributed by atoms with van der Waals surface area (Å²) in [5.74, 6) is -0.728. The van der Waals surface area contributed by atoms with Gasteiger partial charge in [-0.15, -0.1) is 0 Å². The lowest BCUT2D eigenvalue weighted by Crippen LogP contribution is -2.28. The second-order valence-corrected chi connectivity index (χ2v) is 7.20. The van der Waals surface area contributed by atoms with Gasteiger partial charge in [-0.3, -0.25) is 9.59 Å². The number of carbonyl (C=O) groups excluding carboxylic acids is 2. The number of methoxy groups -OCH3 is 1. The molecule has 0 atom stereocenters. The minimum absolute atomic E-state index is 0.0321. The van der Waals surface area contributed by atoms with Crippen molar-refractivity contribution in [2.75, 3.05) is 19.0 Å². The first-order chi connectivity index (χ1) is 16.0. The van der Waals surface area contributed by atoms with Crippen LogP contribution in [0.4, 0.5) is 5.69 Å². The molecule has 1 N–H and O–H groups in total. The van der Waals surface area contributed by atoms with Gasteiger partial charge in [0.15, 0.2) is 12.3 Å². The van der Waals surface area contributed by atoms with Gasteiger partial charge < -0.3 is 14.8 Å². The third-order valence-electron chi connectivity index (χ3n) is 4.92. The van der Waals surface area contributed by atoms with Crippen molar-refractivity contribution in [3.63, 3.8) is 0 Å². The average molecular weight is 443 g/mol. The predicted octanol–water partition coefficient (Wildman–Crippen LogP) is 3.25. The van der Waals surface area contributed by atoms with E-state index in [1.54, 1.807) is 48.5 Å². The molecule has 8 heteroatoms. The summed E-state index contributed by atoms with van der Waals surface area (Å²) in [4.78, 5) is 38.0. The van der Waals surface area contributed by atoms with Gasteiger partial charge in [0.05, 0.1) is 19.0 Å². The van der Waals surface area contributed by atoms with Crippen molar-refractivity contribution in [1.82, 2.24) is 9.78 Å². The van der Waals surface area contributed by atoms with E-state index in [9.17, 15) is 14.4 Å². The minimum Gasteiger partial charge on any atom is -0.497 e. The molecule has 166 valence electrons. The molecule has 0 aliphatic heterocycles. The molecule has 0 radical (unpaired) electrons. The first-order valence-corrected chi connectivity index (χ1v) is 10.2. The zero-order valence-corrected chi connectivity index (χ0v) is 17.9. The van der Waals surface area contributed by atoms with Crippen molar-refractivity contribution in [1.29, 1.82) is 0 Å². The molecule has 0 unspecified atom stereocenters. The van der Waals surface area contributed by atoms with Crippen molar-refractivity contribution >= 4 is 28.3 Å². The van der Waals surface area contributed by atoms with Gasteiger partial charge in [0.2, 0.25) is 0 Å². The largest absolute Gasteiger partial charge is 0.497 e. The molecule has 8 nitrogen and oxygen atoms in total. The predicted molar refractivity (Wildman–Crippen MR) is 123 cm³/mol. The highest BCUT2D eigenvalue weighted by Crippen LogP contribution is 2.17. The smallest absolute Gasteiger partial charge is 0.359 e. The number of fused-ring (bicyclic) bond motifs is 1. The van der Waals surface area contributed by atoms with E-state index in [4.69, 9.17) is 9.47 Å². The summed E-state index contributed by atoms with van der Waals surface area (Å²) < 4.78 is 11.6. The lowest BCUT2D eigenvalue weighted by molar-refractivity contribution is -0.119. The third kappa shape index (κ3) is 5.07. The molecule has 0 spiro atoms. The quantitative estimate of drug-likeness (QED) is 0.440. The number of esters is 1. The van der Waals surface area contributed by atoms with E-state index >= 15 is 0 Å². The lowest BCUT2D eigenvalue weighted by Gasteiger charge is -2.11. The summed E-state index contributed by atoms with van der Waals surface area (Å²) in [5, 5.41) is 7.61.